The molecular weight excluding hydrogens is 644 g/mol. The molecular formula is C34H40N2O13. The zero-order chi connectivity index (χ0) is 36.0. The van der Waals surface area contributed by atoms with E-state index in [1.54, 1.807) is 60.7 Å². The topological polar surface area (TPSA) is 202 Å². The number of rotatable bonds is 16. The summed E-state index contributed by atoms with van der Waals surface area (Å²) in [4.78, 5) is 76.2. The van der Waals surface area contributed by atoms with Gasteiger partial charge in [0.1, 0.15) is 18.8 Å². The molecule has 1 amide bonds. The van der Waals surface area contributed by atoms with Gasteiger partial charge in [-0.05, 0) is 17.5 Å². The van der Waals surface area contributed by atoms with Crippen LogP contribution in [0.3, 0.4) is 0 Å². The lowest BCUT2D eigenvalue weighted by Gasteiger charge is -2.54. The van der Waals surface area contributed by atoms with Gasteiger partial charge in [0.2, 0.25) is 12.0 Å². The lowest BCUT2D eigenvalue weighted by atomic mass is 9.78. The Morgan fingerprint density at radius 2 is 1.51 bits per heavy atom. The number of carbonyl (C=O) groups is 5. The molecule has 1 aliphatic rings. The third-order valence-corrected chi connectivity index (χ3v) is 7.43. The number of nitrogens with one attached hydrogen (secondary N) is 1. The highest BCUT2D eigenvalue weighted by atomic mass is 16.7. The second-order valence-corrected chi connectivity index (χ2v) is 11.3. The Kier molecular flexibility index (Phi) is 14.1. The van der Waals surface area contributed by atoms with E-state index in [2.05, 4.69) is 10.3 Å². The highest BCUT2D eigenvalue weighted by Gasteiger charge is 2.69. The van der Waals surface area contributed by atoms with Gasteiger partial charge in [-0.2, -0.15) is 0 Å². The molecule has 1 aliphatic heterocycles. The number of aliphatic imine (C=N–C) groups is 1. The maximum absolute atomic E-state index is 12.9. The summed E-state index contributed by atoms with van der Waals surface area (Å²) in [5.74, 6) is -6.42. The number of aliphatic hydroxyl groups is 1. The van der Waals surface area contributed by atoms with Crippen molar-refractivity contribution in [2.75, 3.05) is 13.2 Å². The Hall–Kier alpha value is -4.95. The van der Waals surface area contributed by atoms with Gasteiger partial charge < -0.3 is 38.8 Å². The second-order valence-electron chi connectivity index (χ2n) is 11.3. The number of hydrogen-bond acceptors (Lipinski definition) is 14. The van der Waals surface area contributed by atoms with E-state index in [9.17, 15) is 33.9 Å². The fourth-order valence-corrected chi connectivity index (χ4v) is 5.38. The monoisotopic (exact) mass is 684 g/mol. The molecule has 0 unspecified atom stereocenters. The van der Waals surface area contributed by atoms with Gasteiger partial charge in [0.25, 0.3) is 0 Å². The Bertz CT molecular complexity index is 1500. The van der Waals surface area contributed by atoms with E-state index < -0.39 is 72.3 Å². The molecule has 264 valence electrons. The molecule has 2 aromatic rings. The van der Waals surface area contributed by atoms with E-state index in [0.717, 1.165) is 13.8 Å². The molecule has 1 fully saturated rings. The normalized spacial score (nSPS) is 23.6. The number of esters is 4. The molecule has 0 radical (unpaired) electrons. The van der Waals surface area contributed by atoms with Crippen LogP contribution in [0.15, 0.2) is 65.7 Å². The molecule has 1 heterocycles. The van der Waals surface area contributed by atoms with Crippen molar-refractivity contribution in [3.8, 4) is 0 Å². The number of nitrogens with zero attached hydrogens (tertiary/aromatic N) is 1. The van der Waals surface area contributed by atoms with Crippen LogP contribution in [0.25, 0.3) is 0 Å². The van der Waals surface area contributed by atoms with E-state index in [0.29, 0.717) is 11.1 Å². The van der Waals surface area contributed by atoms with Crippen molar-refractivity contribution in [1.29, 1.82) is 0 Å². The number of benzene rings is 2. The van der Waals surface area contributed by atoms with E-state index >= 15 is 0 Å². The molecule has 0 bridgehead atoms. The molecule has 0 aliphatic carbocycles. The predicted octanol–water partition coefficient (Wildman–Crippen LogP) is 1.82. The van der Waals surface area contributed by atoms with Crippen LogP contribution in [0.4, 0.5) is 0 Å². The molecule has 15 heteroatoms. The first-order valence-electron chi connectivity index (χ1n) is 15.4. The van der Waals surface area contributed by atoms with Crippen molar-refractivity contribution in [1.82, 2.24) is 5.32 Å². The second kappa shape index (κ2) is 18.0. The fourth-order valence-electron chi connectivity index (χ4n) is 5.38. The Balaban J connectivity index is 2.01. The van der Waals surface area contributed by atoms with Gasteiger partial charge in [-0.15, -0.1) is 4.99 Å². The van der Waals surface area contributed by atoms with Crippen LogP contribution in [-0.4, -0.2) is 90.1 Å². The largest absolute Gasteiger partial charge is 0.462 e. The first-order valence-corrected chi connectivity index (χ1v) is 15.4. The molecule has 0 saturated carbocycles. The number of isocyanates is 1. The van der Waals surface area contributed by atoms with E-state index in [1.807, 2.05) is 0 Å². The summed E-state index contributed by atoms with van der Waals surface area (Å²) < 4.78 is 33.8. The predicted molar refractivity (Wildman–Crippen MR) is 168 cm³/mol. The average molecular weight is 685 g/mol. The zero-order valence-electron chi connectivity index (χ0n) is 27.6. The van der Waals surface area contributed by atoms with Crippen LogP contribution < -0.4 is 5.32 Å². The van der Waals surface area contributed by atoms with E-state index in [4.69, 9.17) is 28.4 Å². The summed E-state index contributed by atoms with van der Waals surface area (Å²) in [7, 11) is 0. The summed E-state index contributed by atoms with van der Waals surface area (Å²) in [6, 6.07) is 17.3. The van der Waals surface area contributed by atoms with Gasteiger partial charge in [0.05, 0.1) is 6.61 Å². The van der Waals surface area contributed by atoms with Gasteiger partial charge in [-0.3, -0.25) is 24.0 Å². The molecule has 15 nitrogen and oxygen atoms in total. The molecule has 6 atom stereocenters. The third kappa shape index (κ3) is 11.0. The van der Waals surface area contributed by atoms with Crippen molar-refractivity contribution in [2.45, 2.75) is 89.5 Å². The van der Waals surface area contributed by atoms with Gasteiger partial charge in [0.15, 0.2) is 17.8 Å². The van der Waals surface area contributed by atoms with Crippen molar-refractivity contribution in [3.05, 3.63) is 71.8 Å². The Morgan fingerprint density at radius 1 is 0.898 bits per heavy atom. The molecule has 2 N–H and O–H groups in total. The molecule has 1 saturated heterocycles. The quantitative estimate of drug-likeness (QED) is 0.112. The van der Waals surface area contributed by atoms with Gasteiger partial charge >= 0.3 is 29.8 Å². The minimum absolute atomic E-state index is 0.0272. The molecule has 3 rings (SSSR count). The van der Waals surface area contributed by atoms with Crippen LogP contribution in [0.1, 0.15) is 51.7 Å². The van der Waals surface area contributed by atoms with Gasteiger partial charge in [0, 0.05) is 47.1 Å². The summed E-state index contributed by atoms with van der Waals surface area (Å²) in [5.41, 5.74) is -1.05. The maximum atomic E-state index is 12.9. The SMILES string of the molecule is CC(=O)OC[C@H](CCC(=O)NC[C@H]1O[C@@](O)(N=C=O)[C@](Cc2ccccc2)(OCc2ccccc2)[C@@H](OC(C)=O)[C@@H]1OC(C)=O)OC(C)=O. The minimum atomic E-state index is -2.91. The summed E-state index contributed by atoms with van der Waals surface area (Å²) in [5, 5.41) is 14.7. The minimum Gasteiger partial charge on any atom is -0.462 e. The van der Waals surface area contributed by atoms with Gasteiger partial charge in [-0.1, -0.05) is 60.7 Å². The fraction of sp³-hybridized carbons (Fsp3) is 0.471. The zero-order valence-corrected chi connectivity index (χ0v) is 27.6. The van der Waals surface area contributed by atoms with Crippen molar-refractivity contribution >= 4 is 35.9 Å². The summed E-state index contributed by atoms with van der Waals surface area (Å²) >= 11 is 0. The molecule has 49 heavy (non-hydrogen) atoms. The standard InChI is InChI=1S/C34H40N2O13/c1-22(38)44-20-28(46-23(2)39)15-16-30(42)35-18-29-31(47-24(3)40)32(48-25(4)41)33(34(43,49-29)36-21-37,17-26-11-7-5-8-12-26)45-19-27-13-9-6-10-14-27/h5-14,28-29,31-32,43H,15-20H2,1-4H3,(H,35,42)/t28-,29+,31+,32-,33+,34+/m0/s1. The Morgan fingerprint density at radius 3 is 2.06 bits per heavy atom. The molecule has 2 aromatic carbocycles. The van der Waals surface area contributed by atoms with Crippen LogP contribution in [0, 0.1) is 0 Å². The number of carbonyl (C=O) groups excluding carboxylic acids is 6. The van der Waals surface area contributed by atoms with Crippen LogP contribution in [0.2, 0.25) is 0 Å². The summed E-state index contributed by atoms with van der Waals surface area (Å²) in [6.45, 7) is 3.63. The Labute approximate surface area is 282 Å². The average Bonchev–Trinajstić information content (AvgIpc) is 3.04. The lowest BCUT2D eigenvalue weighted by molar-refractivity contribution is -0.393. The highest BCUT2D eigenvalue weighted by Crippen LogP contribution is 2.45. The smallest absolute Gasteiger partial charge is 0.312 e. The first kappa shape index (κ1) is 38.5. The number of amides is 1. The first-order chi connectivity index (χ1) is 23.3. The van der Waals surface area contributed by atoms with Crippen LogP contribution in [-0.2, 0) is 70.2 Å². The lowest BCUT2D eigenvalue weighted by Crippen LogP contribution is -2.75. The van der Waals surface area contributed by atoms with E-state index in [-0.39, 0.29) is 32.5 Å². The van der Waals surface area contributed by atoms with E-state index in [1.165, 1.54) is 19.9 Å². The molecule has 0 aromatic heterocycles. The molecule has 0 spiro atoms. The van der Waals surface area contributed by atoms with Crippen LogP contribution >= 0.6 is 0 Å². The van der Waals surface area contributed by atoms with Crippen molar-refractivity contribution in [2.24, 2.45) is 4.99 Å². The summed E-state index contributed by atoms with van der Waals surface area (Å²) in [6.07, 6.45) is -4.75. The van der Waals surface area contributed by atoms with Crippen molar-refractivity contribution in [3.63, 3.8) is 0 Å². The number of hydrogen-bond donors (Lipinski definition) is 2. The third-order valence-electron chi connectivity index (χ3n) is 7.43. The van der Waals surface area contributed by atoms with Crippen molar-refractivity contribution < 1.29 is 62.3 Å². The highest BCUT2D eigenvalue weighted by molar-refractivity contribution is 5.76. The number of ether oxygens (including phenoxy) is 6. The maximum Gasteiger partial charge on any atom is 0.312 e. The van der Waals surface area contributed by atoms with Gasteiger partial charge in [-0.25, -0.2) is 4.79 Å². The van der Waals surface area contributed by atoms with Crippen LogP contribution in [0.5, 0.6) is 0 Å².